The van der Waals surface area contributed by atoms with E-state index >= 15 is 0 Å². The molecule has 1 aromatic heterocycles. The maximum absolute atomic E-state index is 13.2. The summed E-state index contributed by atoms with van der Waals surface area (Å²) in [6, 6.07) is 4.52. The highest BCUT2D eigenvalue weighted by Crippen LogP contribution is 2.33. The van der Waals surface area contributed by atoms with Crippen LogP contribution in [0.2, 0.25) is 0 Å². The summed E-state index contributed by atoms with van der Waals surface area (Å²) < 4.78 is 32.5. The van der Waals surface area contributed by atoms with Crippen molar-refractivity contribution in [3.8, 4) is 11.6 Å². The van der Waals surface area contributed by atoms with Gasteiger partial charge in [0.2, 0.25) is 11.6 Å². The van der Waals surface area contributed by atoms with Gasteiger partial charge in [-0.05, 0) is 49.8 Å². The highest BCUT2D eigenvalue weighted by Gasteiger charge is 2.26. The van der Waals surface area contributed by atoms with Gasteiger partial charge in [0.05, 0.1) is 41.6 Å². The monoisotopic (exact) mass is 484 g/mol. The first-order valence-corrected chi connectivity index (χ1v) is 11.3. The normalized spacial score (nSPS) is 15.3. The minimum atomic E-state index is -4.46. The summed E-state index contributed by atoms with van der Waals surface area (Å²) >= 11 is 0. The fraction of sp³-hybridized carbons (Fsp3) is 0.182. The molecule has 11 nitrogen and oxygen atoms in total. The predicted molar refractivity (Wildman–Crippen MR) is 124 cm³/mol. The number of aromatic nitrogens is 1. The Kier molecular flexibility index (Phi) is 6.83. The molecule has 0 radical (unpaired) electrons. The standard InChI is InChI=1S/C22H20N4O7S/c1-13-17(5-4-6-18-14(2)24-25(11-12-27)20(18)28)21(29)26(22(30)19(13)23-3)15-7-9-16(10-8-15)34(31,32)33/h4-10,27,30H,11-12H2,1-2H3,(H,31,32,33)/b5-4+,18-6-. The molecule has 0 spiro atoms. The molecule has 34 heavy (non-hydrogen) atoms. The van der Waals surface area contributed by atoms with E-state index in [2.05, 4.69) is 9.95 Å². The summed E-state index contributed by atoms with van der Waals surface area (Å²) in [5.41, 5.74) is 0.170. The van der Waals surface area contributed by atoms with Gasteiger partial charge in [0, 0.05) is 5.56 Å². The van der Waals surface area contributed by atoms with Crippen LogP contribution in [0.3, 0.4) is 0 Å². The number of aliphatic hydroxyl groups excluding tert-OH is 1. The summed E-state index contributed by atoms with van der Waals surface area (Å²) in [7, 11) is -4.46. The number of benzene rings is 1. The lowest BCUT2D eigenvalue weighted by Crippen LogP contribution is -2.25. The van der Waals surface area contributed by atoms with E-state index in [9.17, 15) is 23.1 Å². The van der Waals surface area contributed by atoms with E-state index < -0.39 is 32.4 Å². The third kappa shape index (κ3) is 4.53. The SMILES string of the molecule is [C-]#[N+]c1c(C)c(/C=C/C=C2\C(=O)N(CCO)N=C2C)c(=O)n(-c2ccc(S(=O)(=O)O)cc2)c1O. The van der Waals surface area contributed by atoms with E-state index in [1.807, 2.05) is 0 Å². The second-order valence-electron chi connectivity index (χ2n) is 7.21. The third-order valence-corrected chi connectivity index (χ3v) is 5.95. The van der Waals surface area contributed by atoms with Crippen LogP contribution >= 0.6 is 0 Å². The molecule has 2 aromatic rings. The quantitative estimate of drug-likeness (QED) is 0.321. The van der Waals surface area contributed by atoms with Crippen LogP contribution in [0.1, 0.15) is 18.1 Å². The number of nitrogens with zero attached hydrogens (tertiary/aromatic N) is 4. The molecule has 0 atom stereocenters. The van der Waals surface area contributed by atoms with Gasteiger partial charge in [0.1, 0.15) is 0 Å². The van der Waals surface area contributed by atoms with Gasteiger partial charge in [-0.25, -0.2) is 9.85 Å². The molecule has 176 valence electrons. The number of carbonyl (C=O) groups is 1. The summed E-state index contributed by atoms with van der Waals surface area (Å²) in [6.45, 7) is 10.3. The zero-order chi connectivity index (χ0) is 25.2. The van der Waals surface area contributed by atoms with Gasteiger partial charge < -0.3 is 10.2 Å². The van der Waals surface area contributed by atoms with Crippen molar-refractivity contribution in [1.29, 1.82) is 0 Å². The van der Waals surface area contributed by atoms with Gasteiger partial charge >= 0.3 is 0 Å². The average Bonchev–Trinajstić information content (AvgIpc) is 3.03. The Morgan fingerprint density at radius 1 is 1.18 bits per heavy atom. The molecule has 1 amide bonds. The van der Waals surface area contributed by atoms with Gasteiger partial charge in [0.25, 0.3) is 21.6 Å². The second-order valence-corrected chi connectivity index (χ2v) is 8.63. The van der Waals surface area contributed by atoms with Gasteiger partial charge in [-0.1, -0.05) is 12.2 Å². The molecule has 1 aliphatic rings. The van der Waals surface area contributed by atoms with Crippen LogP contribution in [-0.4, -0.2) is 57.5 Å². The molecular weight excluding hydrogens is 464 g/mol. The molecule has 1 aromatic carbocycles. The number of hydrogen-bond donors (Lipinski definition) is 3. The Morgan fingerprint density at radius 2 is 1.82 bits per heavy atom. The maximum atomic E-state index is 13.2. The van der Waals surface area contributed by atoms with E-state index in [0.717, 1.165) is 21.7 Å². The van der Waals surface area contributed by atoms with Crippen LogP contribution in [0, 0.1) is 13.5 Å². The molecule has 0 saturated carbocycles. The van der Waals surface area contributed by atoms with Crippen LogP contribution in [0.5, 0.6) is 5.88 Å². The summed E-state index contributed by atoms with van der Waals surface area (Å²) in [5.74, 6) is -1.03. The molecule has 0 saturated heterocycles. The average molecular weight is 484 g/mol. The highest BCUT2D eigenvalue weighted by molar-refractivity contribution is 7.85. The van der Waals surface area contributed by atoms with Crippen molar-refractivity contribution < 1.29 is 28.0 Å². The summed E-state index contributed by atoms with van der Waals surface area (Å²) in [6.07, 6.45) is 4.28. The van der Waals surface area contributed by atoms with Crippen LogP contribution in [0.4, 0.5) is 5.69 Å². The number of allylic oxidation sites excluding steroid dienone is 2. The first-order chi connectivity index (χ1) is 16.0. The Labute approximate surface area is 194 Å². The Bertz CT molecular complexity index is 1460. The Hall–Kier alpha value is -4.05. The van der Waals surface area contributed by atoms with Crippen molar-refractivity contribution in [1.82, 2.24) is 9.58 Å². The van der Waals surface area contributed by atoms with Crippen LogP contribution in [0.15, 0.2) is 56.8 Å². The first kappa shape index (κ1) is 24.6. The van der Waals surface area contributed by atoms with Crippen LogP contribution in [-0.2, 0) is 14.9 Å². The molecule has 12 heteroatoms. The molecule has 0 unspecified atom stereocenters. The van der Waals surface area contributed by atoms with Crippen molar-refractivity contribution in [3.63, 3.8) is 0 Å². The van der Waals surface area contributed by atoms with Gasteiger partial charge in [-0.3, -0.25) is 18.7 Å². The van der Waals surface area contributed by atoms with Crippen LogP contribution in [0.25, 0.3) is 16.6 Å². The van der Waals surface area contributed by atoms with Crippen molar-refractivity contribution in [2.24, 2.45) is 5.10 Å². The minimum Gasteiger partial charge on any atom is -0.502 e. The fourth-order valence-corrected chi connectivity index (χ4v) is 3.85. The molecule has 0 aliphatic carbocycles. The van der Waals surface area contributed by atoms with E-state index in [0.29, 0.717) is 5.71 Å². The molecular formula is C22H20N4O7S. The Balaban J connectivity index is 2.10. The number of pyridine rings is 1. The van der Waals surface area contributed by atoms with Crippen molar-refractivity contribution in [2.75, 3.05) is 13.2 Å². The third-order valence-electron chi connectivity index (χ3n) is 5.08. The van der Waals surface area contributed by atoms with Crippen LogP contribution < -0.4 is 5.56 Å². The second kappa shape index (κ2) is 9.44. The molecule has 3 rings (SSSR count). The van der Waals surface area contributed by atoms with Gasteiger partial charge in [-0.15, -0.1) is 0 Å². The van der Waals surface area contributed by atoms with E-state index in [1.54, 1.807) is 6.92 Å². The number of β-amino-alcohol motifs (C(OH)–C–C–N with tert-alkyl or cyclic N) is 1. The number of hydrazone groups is 1. The minimum absolute atomic E-state index is 0.0454. The molecule has 3 N–H and O–H groups in total. The number of amides is 1. The van der Waals surface area contributed by atoms with E-state index in [4.69, 9.17) is 16.2 Å². The molecule has 2 heterocycles. The molecule has 0 bridgehead atoms. The lowest BCUT2D eigenvalue weighted by Gasteiger charge is -2.14. The smallest absolute Gasteiger partial charge is 0.294 e. The largest absolute Gasteiger partial charge is 0.502 e. The predicted octanol–water partition coefficient (Wildman–Crippen LogP) is 1.80. The lowest BCUT2D eigenvalue weighted by molar-refractivity contribution is -0.126. The van der Waals surface area contributed by atoms with Crippen molar-refractivity contribution in [3.05, 3.63) is 74.9 Å². The molecule has 0 fully saturated rings. The lowest BCUT2D eigenvalue weighted by atomic mass is 10.1. The Morgan fingerprint density at radius 3 is 2.38 bits per heavy atom. The highest BCUT2D eigenvalue weighted by atomic mass is 32.2. The molecule has 1 aliphatic heterocycles. The number of hydrogen-bond acceptors (Lipinski definition) is 7. The van der Waals surface area contributed by atoms with Gasteiger partial charge in [0.15, 0.2) is 0 Å². The van der Waals surface area contributed by atoms with Crippen molar-refractivity contribution in [2.45, 2.75) is 18.7 Å². The first-order valence-electron chi connectivity index (χ1n) is 9.81. The summed E-state index contributed by atoms with van der Waals surface area (Å²) in [5, 5.41) is 24.8. The summed E-state index contributed by atoms with van der Waals surface area (Å²) in [4.78, 5) is 28.5. The van der Waals surface area contributed by atoms with Gasteiger partial charge in [-0.2, -0.15) is 13.5 Å². The van der Waals surface area contributed by atoms with E-state index in [-0.39, 0.29) is 41.2 Å². The zero-order valence-corrected chi connectivity index (χ0v) is 18.9. The van der Waals surface area contributed by atoms with E-state index in [1.165, 1.54) is 37.3 Å². The number of rotatable bonds is 6. The number of aliphatic hydroxyl groups is 1. The van der Waals surface area contributed by atoms with Crippen molar-refractivity contribution >= 4 is 33.5 Å². The zero-order valence-electron chi connectivity index (χ0n) is 18.1. The number of aromatic hydroxyl groups is 1. The topological polar surface area (TPSA) is 154 Å². The number of carbonyl (C=O) groups excluding carboxylic acids is 1. The fourth-order valence-electron chi connectivity index (χ4n) is 3.37. The maximum Gasteiger partial charge on any atom is 0.294 e.